The largest absolute Gasteiger partial charge is 0.465 e. The molecule has 2 aliphatic carbocycles. The van der Waals surface area contributed by atoms with E-state index in [0.29, 0.717) is 37.9 Å². The lowest BCUT2D eigenvalue weighted by molar-refractivity contribution is -0.259. The first-order valence-electron chi connectivity index (χ1n) is 14.0. The molecule has 2 aliphatic heterocycles. The second-order valence-electron chi connectivity index (χ2n) is 12.2. The van der Waals surface area contributed by atoms with Gasteiger partial charge in [0.05, 0.1) is 24.0 Å². The van der Waals surface area contributed by atoms with Gasteiger partial charge in [-0.15, -0.1) is 0 Å². The summed E-state index contributed by atoms with van der Waals surface area (Å²) in [6.07, 6.45) is 1.44. The van der Waals surface area contributed by atoms with Crippen molar-refractivity contribution >= 4 is 23.9 Å². The molecule has 0 radical (unpaired) electrons. The van der Waals surface area contributed by atoms with Crippen molar-refractivity contribution in [2.75, 3.05) is 19.8 Å². The maximum absolute atomic E-state index is 13.1. The van der Waals surface area contributed by atoms with Crippen LogP contribution in [0.4, 0.5) is 0 Å². The van der Waals surface area contributed by atoms with Crippen LogP contribution in [0.3, 0.4) is 0 Å². The van der Waals surface area contributed by atoms with E-state index in [2.05, 4.69) is 0 Å². The van der Waals surface area contributed by atoms with Gasteiger partial charge in [0.2, 0.25) is 0 Å². The first-order chi connectivity index (χ1) is 18.3. The molecule has 0 aromatic heterocycles. The van der Waals surface area contributed by atoms with Gasteiger partial charge in [-0.1, -0.05) is 27.7 Å². The number of epoxide rings is 1. The standard InChI is InChI=1S/C29H42O10/c1-7-16(2)26(34)39-22-8-9-28(14-37-28)29(15-36-18(4)30)23(38-19(5)31)10-17(3)27(6,25(22)29)12-21(32)20-11-24(33)35-13-20/h11,16-17,21-23,25,32H,7-10,12-15H2,1-6H3/t16-,17?,21+,22-,23?,25-,27+,28+,29?/m1/s1. The molecule has 0 aromatic rings. The molecular formula is C29H42O10. The average Bonchev–Trinajstić information content (AvgIpc) is 3.52. The molecule has 0 amide bonds. The van der Waals surface area contributed by atoms with Crippen molar-refractivity contribution in [3.63, 3.8) is 0 Å². The summed E-state index contributed by atoms with van der Waals surface area (Å²) in [6.45, 7) is 10.8. The molecule has 1 saturated heterocycles. The van der Waals surface area contributed by atoms with E-state index in [0.717, 1.165) is 0 Å². The Morgan fingerprint density at radius 3 is 2.44 bits per heavy atom. The fourth-order valence-electron chi connectivity index (χ4n) is 7.41. The van der Waals surface area contributed by atoms with Gasteiger partial charge in [-0.2, -0.15) is 0 Å². The van der Waals surface area contributed by atoms with E-state index in [-0.39, 0.29) is 37.4 Å². The fourth-order valence-corrected chi connectivity index (χ4v) is 7.41. The summed E-state index contributed by atoms with van der Waals surface area (Å²) in [5.41, 5.74) is -1.95. The Balaban J connectivity index is 1.85. The zero-order valence-corrected chi connectivity index (χ0v) is 23.8. The lowest BCUT2D eigenvalue weighted by atomic mass is 9.42. The molecule has 4 rings (SSSR count). The topological polar surface area (TPSA) is 138 Å². The number of aliphatic hydroxyl groups excluding tert-OH is 1. The summed E-state index contributed by atoms with van der Waals surface area (Å²) in [5.74, 6) is -2.66. The molecule has 9 atom stereocenters. The molecule has 0 bridgehead atoms. The van der Waals surface area contributed by atoms with Crippen LogP contribution >= 0.6 is 0 Å². The molecule has 2 saturated carbocycles. The third-order valence-electron chi connectivity index (χ3n) is 9.93. The highest BCUT2D eigenvalue weighted by Crippen LogP contribution is 2.69. The third kappa shape index (κ3) is 5.22. The fraction of sp³-hybridized carbons (Fsp3) is 0.793. The van der Waals surface area contributed by atoms with Crippen LogP contribution < -0.4 is 0 Å². The van der Waals surface area contributed by atoms with Gasteiger partial charge in [0.25, 0.3) is 0 Å². The molecule has 10 nitrogen and oxygen atoms in total. The van der Waals surface area contributed by atoms with Crippen molar-refractivity contribution in [2.24, 2.45) is 28.6 Å². The lowest BCUT2D eigenvalue weighted by Crippen LogP contribution is -2.71. The highest BCUT2D eigenvalue weighted by atomic mass is 16.6. The van der Waals surface area contributed by atoms with E-state index in [1.807, 2.05) is 27.7 Å². The molecule has 2 heterocycles. The summed E-state index contributed by atoms with van der Waals surface area (Å²) < 4.78 is 29.1. The number of cyclic esters (lactones) is 1. The number of hydrogen-bond donors (Lipinski definition) is 1. The van der Waals surface area contributed by atoms with Crippen LogP contribution in [0, 0.1) is 28.6 Å². The van der Waals surface area contributed by atoms with Gasteiger partial charge in [-0.3, -0.25) is 14.4 Å². The summed E-state index contributed by atoms with van der Waals surface area (Å²) in [7, 11) is 0. The maximum Gasteiger partial charge on any atom is 0.331 e. The van der Waals surface area contributed by atoms with Gasteiger partial charge in [0, 0.05) is 31.4 Å². The summed E-state index contributed by atoms with van der Waals surface area (Å²) in [5, 5.41) is 11.3. The van der Waals surface area contributed by atoms with Crippen molar-refractivity contribution < 1.29 is 48.0 Å². The molecular weight excluding hydrogens is 508 g/mol. The Kier molecular flexibility index (Phi) is 8.21. The zero-order valence-electron chi connectivity index (χ0n) is 23.8. The van der Waals surface area contributed by atoms with E-state index >= 15 is 0 Å². The minimum atomic E-state index is -1.01. The SMILES string of the molecule is CC[C@@H](C)C(=O)O[C@@H]1CC[C@]2(CO2)C2(COC(C)=O)C(OC(C)=O)CC(C)[C@](C)(C[C@H](O)C3=CC(=O)OC3)[C@@H]12. The highest BCUT2D eigenvalue weighted by Gasteiger charge is 2.77. The number of aliphatic hydroxyl groups is 1. The Labute approximate surface area is 229 Å². The normalized spacial score (nSPS) is 38.6. The third-order valence-corrected chi connectivity index (χ3v) is 9.93. The minimum absolute atomic E-state index is 0.0171. The van der Waals surface area contributed by atoms with Crippen LogP contribution in [0.2, 0.25) is 0 Å². The van der Waals surface area contributed by atoms with Gasteiger partial charge in [-0.25, -0.2) is 4.79 Å². The monoisotopic (exact) mass is 550 g/mol. The predicted molar refractivity (Wildman–Crippen MR) is 137 cm³/mol. The molecule has 1 N–H and O–H groups in total. The predicted octanol–water partition coefficient (Wildman–Crippen LogP) is 2.88. The van der Waals surface area contributed by atoms with Crippen molar-refractivity contribution in [3.05, 3.63) is 11.6 Å². The Bertz CT molecular complexity index is 1030. The lowest BCUT2D eigenvalue weighted by Gasteiger charge is -2.64. The van der Waals surface area contributed by atoms with Gasteiger partial charge >= 0.3 is 23.9 Å². The number of carbonyl (C=O) groups excluding carboxylic acids is 4. The molecule has 4 aliphatic rings. The molecule has 0 aromatic carbocycles. The summed E-state index contributed by atoms with van der Waals surface area (Å²) in [6, 6.07) is 0. The molecule has 39 heavy (non-hydrogen) atoms. The van der Waals surface area contributed by atoms with Gasteiger partial charge in [-0.05, 0) is 43.4 Å². The first kappa shape index (κ1) is 29.5. The summed E-state index contributed by atoms with van der Waals surface area (Å²) in [4.78, 5) is 49.4. The first-order valence-corrected chi connectivity index (χ1v) is 14.0. The highest BCUT2D eigenvalue weighted by molar-refractivity contribution is 5.85. The van der Waals surface area contributed by atoms with Crippen LogP contribution in [0.1, 0.15) is 73.6 Å². The zero-order chi connectivity index (χ0) is 28.8. The second-order valence-corrected chi connectivity index (χ2v) is 12.2. The van der Waals surface area contributed by atoms with Gasteiger partial charge in [0.1, 0.15) is 31.0 Å². The molecule has 1 spiro atoms. The Morgan fingerprint density at radius 1 is 1.21 bits per heavy atom. The quantitative estimate of drug-likeness (QED) is 0.259. The average molecular weight is 551 g/mol. The minimum Gasteiger partial charge on any atom is -0.465 e. The van der Waals surface area contributed by atoms with Crippen LogP contribution in [-0.4, -0.2) is 72.7 Å². The van der Waals surface area contributed by atoms with E-state index < -0.39 is 58.6 Å². The van der Waals surface area contributed by atoms with E-state index in [1.54, 1.807) is 0 Å². The van der Waals surface area contributed by atoms with Gasteiger partial charge < -0.3 is 28.8 Å². The van der Waals surface area contributed by atoms with Crippen LogP contribution in [0.25, 0.3) is 0 Å². The maximum atomic E-state index is 13.1. The van der Waals surface area contributed by atoms with Crippen molar-refractivity contribution in [1.82, 2.24) is 0 Å². The van der Waals surface area contributed by atoms with Crippen LogP contribution in [0.5, 0.6) is 0 Å². The van der Waals surface area contributed by atoms with Crippen molar-refractivity contribution in [3.8, 4) is 0 Å². The van der Waals surface area contributed by atoms with Crippen LogP contribution in [-0.2, 0) is 42.9 Å². The number of ether oxygens (including phenoxy) is 5. The number of carbonyl (C=O) groups is 4. The molecule has 3 fully saturated rings. The number of fused-ring (bicyclic) bond motifs is 2. The van der Waals surface area contributed by atoms with E-state index in [1.165, 1.54) is 19.9 Å². The Morgan fingerprint density at radius 2 is 1.90 bits per heavy atom. The second kappa shape index (κ2) is 10.8. The smallest absolute Gasteiger partial charge is 0.331 e. The number of esters is 4. The molecule has 218 valence electrons. The van der Waals surface area contributed by atoms with Crippen molar-refractivity contribution in [2.45, 2.75) is 97.6 Å². The van der Waals surface area contributed by atoms with Gasteiger partial charge in [0.15, 0.2) is 0 Å². The number of hydrogen-bond acceptors (Lipinski definition) is 10. The van der Waals surface area contributed by atoms with E-state index in [4.69, 9.17) is 23.7 Å². The molecule has 3 unspecified atom stereocenters. The van der Waals surface area contributed by atoms with Crippen LogP contribution in [0.15, 0.2) is 11.6 Å². The number of rotatable bonds is 9. The van der Waals surface area contributed by atoms with E-state index in [9.17, 15) is 24.3 Å². The Hall–Kier alpha value is -2.46. The van der Waals surface area contributed by atoms with Crippen molar-refractivity contribution in [1.29, 1.82) is 0 Å². The molecule has 10 heteroatoms. The summed E-state index contributed by atoms with van der Waals surface area (Å²) >= 11 is 0.